The van der Waals surface area contributed by atoms with Crippen LogP contribution in [0, 0.1) is 0 Å². The first-order valence-electron chi connectivity index (χ1n) is 12.6. The number of aromatic amines is 1. The topological polar surface area (TPSA) is 95.2 Å². The van der Waals surface area contributed by atoms with Gasteiger partial charge in [0, 0.05) is 24.2 Å². The van der Waals surface area contributed by atoms with Crippen LogP contribution in [-0.2, 0) is 10.3 Å². The first kappa shape index (κ1) is 26.9. The van der Waals surface area contributed by atoms with E-state index in [2.05, 4.69) is 27.4 Å². The Morgan fingerprint density at radius 3 is 2.76 bits per heavy atom. The van der Waals surface area contributed by atoms with Gasteiger partial charge in [-0.3, -0.25) is 9.78 Å². The van der Waals surface area contributed by atoms with Crippen LogP contribution in [-0.4, -0.2) is 53.8 Å². The average molecular weight is 574 g/mol. The summed E-state index contributed by atoms with van der Waals surface area (Å²) in [7, 11) is 0. The Morgan fingerprint density at radius 2 is 2.00 bits per heavy atom. The molecule has 2 aromatic carbocycles. The Morgan fingerprint density at radius 1 is 1.18 bits per heavy atom. The van der Waals surface area contributed by atoms with Gasteiger partial charge >= 0.3 is 0 Å². The molecule has 6 rings (SSSR count). The largest absolute Gasteiger partial charge is 0.367 e. The number of para-hydroxylation sites is 1. The maximum Gasteiger partial charge on any atom is 0.264 e. The number of hydrogen-bond acceptors (Lipinski definition) is 8. The van der Waals surface area contributed by atoms with Crippen molar-refractivity contribution in [1.29, 1.82) is 0 Å². The number of benzene rings is 2. The third-order valence-corrected chi connectivity index (χ3v) is 8.39. The van der Waals surface area contributed by atoms with Gasteiger partial charge in [-0.15, -0.1) is 23.7 Å². The van der Waals surface area contributed by atoms with Crippen LogP contribution in [0.25, 0.3) is 20.8 Å². The maximum absolute atomic E-state index is 13.6. The fourth-order valence-corrected chi connectivity index (χ4v) is 6.22. The first-order chi connectivity index (χ1) is 18.0. The third kappa shape index (κ3) is 5.39. The van der Waals surface area contributed by atoms with Crippen molar-refractivity contribution in [2.24, 2.45) is 0 Å². The maximum atomic E-state index is 13.6. The van der Waals surface area contributed by atoms with Gasteiger partial charge in [0.25, 0.3) is 5.56 Å². The molecule has 38 heavy (non-hydrogen) atoms. The molecule has 4 heterocycles. The number of morpholine rings is 1. The summed E-state index contributed by atoms with van der Waals surface area (Å²) >= 11 is 7.62. The molecule has 2 fully saturated rings. The van der Waals surface area contributed by atoms with E-state index in [1.54, 1.807) is 0 Å². The van der Waals surface area contributed by atoms with Crippen LogP contribution in [0.3, 0.4) is 0 Å². The number of thiazole rings is 1. The predicted octanol–water partition coefficient (Wildman–Crippen LogP) is 5.04. The summed E-state index contributed by atoms with van der Waals surface area (Å²) in [5.41, 5.74) is 1.64. The highest BCUT2D eigenvalue weighted by Crippen LogP contribution is 2.35. The van der Waals surface area contributed by atoms with E-state index in [9.17, 15) is 4.79 Å². The number of piperidine rings is 1. The molecule has 0 bridgehead atoms. The smallest absolute Gasteiger partial charge is 0.264 e. The van der Waals surface area contributed by atoms with Crippen LogP contribution in [0.4, 0.5) is 11.8 Å². The number of fused-ring (bicyclic) bond motifs is 1. The van der Waals surface area contributed by atoms with Gasteiger partial charge < -0.3 is 20.3 Å². The number of anilines is 2. The zero-order valence-electron chi connectivity index (χ0n) is 21.0. The van der Waals surface area contributed by atoms with Crippen molar-refractivity contribution in [3.63, 3.8) is 0 Å². The average Bonchev–Trinajstić information content (AvgIpc) is 3.33. The fraction of sp³-hybridized carbons (Fsp3) is 0.370. The number of nitrogens with zero attached hydrogens (tertiary/aromatic N) is 3. The molecule has 3 N–H and O–H groups in total. The lowest BCUT2D eigenvalue weighted by Crippen LogP contribution is -2.49. The van der Waals surface area contributed by atoms with Gasteiger partial charge in [-0.1, -0.05) is 35.9 Å². The standard InChI is InChI=1S/C27H29ClN6O2S.ClH/c1-27(17-8-10-18(28)11-9-17)16-34(13-14-36-27)26-32-23(30-19-5-4-12-29-15-19)22(24(35)33-26)25-31-20-6-2-3-7-21(20)37-25;/h2-3,6-11,19,29H,4-5,12-16H2,1H3,(H2,30,32,33,35);1H/t19-,27?;/m1./s1. The molecular weight excluding hydrogens is 543 g/mol. The molecule has 0 aliphatic carbocycles. The third-order valence-electron chi connectivity index (χ3n) is 7.08. The number of ether oxygens (including phenoxy) is 1. The minimum Gasteiger partial charge on any atom is -0.367 e. The number of H-pyrrole nitrogens is 1. The molecule has 200 valence electrons. The normalized spacial score (nSPS) is 21.7. The highest BCUT2D eigenvalue weighted by atomic mass is 35.5. The van der Waals surface area contributed by atoms with E-state index in [0.29, 0.717) is 47.1 Å². The Balaban J connectivity index is 0.00000294. The Labute approximate surface area is 236 Å². The second-order valence-electron chi connectivity index (χ2n) is 9.80. The number of hydrogen-bond donors (Lipinski definition) is 3. The lowest BCUT2D eigenvalue weighted by atomic mass is 9.94. The molecule has 2 aliphatic heterocycles. The second-order valence-corrected chi connectivity index (χ2v) is 11.3. The molecule has 4 aromatic rings. The van der Waals surface area contributed by atoms with Crippen molar-refractivity contribution in [2.75, 3.05) is 43.0 Å². The molecule has 0 radical (unpaired) electrons. The lowest BCUT2D eigenvalue weighted by Gasteiger charge is -2.41. The van der Waals surface area contributed by atoms with Crippen LogP contribution in [0.2, 0.25) is 5.02 Å². The number of nitrogens with one attached hydrogen (secondary N) is 3. The molecule has 11 heteroatoms. The zero-order valence-corrected chi connectivity index (χ0v) is 23.4. The molecule has 2 atom stereocenters. The van der Waals surface area contributed by atoms with E-state index in [-0.39, 0.29) is 24.0 Å². The quantitative estimate of drug-likeness (QED) is 0.308. The van der Waals surface area contributed by atoms with Gasteiger partial charge in [0.1, 0.15) is 22.0 Å². The van der Waals surface area contributed by atoms with E-state index >= 15 is 0 Å². The lowest BCUT2D eigenvalue weighted by molar-refractivity contribution is -0.0470. The summed E-state index contributed by atoms with van der Waals surface area (Å²) in [6.07, 6.45) is 2.09. The molecule has 2 saturated heterocycles. The van der Waals surface area contributed by atoms with E-state index in [1.807, 2.05) is 48.5 Å². The van der Waals surface area contributed by atoms with E-state index in [0.717, 1.165) is 41.7 Å². The number of aromatic nitrogens is 3. The summed E-state index contributed by atoms with van der Waals surface area (Å²) in [6, 6.07) is 15.8. The van der Waals surface area contributed by atoms with Gasteiger partial charge in [-0.05, 0) is 56.1 Å². The first-order valence-corrected chi connectivity index (χ1v) is 13.8. The van der Waals surface area contributed by atoms with Crippen molar-refractivity contribution in [3.8, 4) is 10.6 Å². The van der Waals surface area contributed by atoms with Crippen LogP contribution < -0.4 is 21.1 Å². The SMILES string of the molecule is CC1(c2ccc(Cl)cc2)CN(c2nc(N[C@@H]3CCCNC3)c(-c3nc4ccccc4s3)c(=O)[nH]2)CCO1.Cl. The van der Waals surface area contributed by atoms with Gasteiger partial charge in [0.2, 0.25) is 5.95 Å². The molecule has 0 amide bonds. The van der Waals surface area contributed by atoms with Crippen molar-refractivity contribution in [3.05, 3.63) is 69.5 Å². The van der Waals surface area contributed by atoms with Gasteiger partial charge in [0.15, 0.2) is 0 Å². The van der Waals surface area contributed by atoms with Gasteiger partial charge in [-0.2, -0.15) is 4.98 Å². The summed E-state index contributed by atoms with van der Waals surface area (Å²) in [6.45, 7) is 5.57. The van der Waals surface area contributed by atoms with Crippen molar-refractivity contribution >= 4 is 57.3 Å². The van der Waals surface area contributed by atoms with Crippen LogP contribution in [0.15, 0.2) is 53.3 Å². The number of rotatable bonds is 5. The summed E-state index contributed by atoms with van der Waals surface area (Å²) in [5.74, 6) is 1.11. The Bertz CT molecular complexity index is 1440. The van der Waals surface area contributed by atoms with Crippen molar-refractivity contribution in [2.45, 2.75) is 31.4 Å². The van der Waals surface area contributed by atoms with Crippen LogP contribution in [0.5, 0.6) is 0 Å². The second kappa shape index (κ2) is 11.2. The molecular formula is C27H30Cl2N6O2S. The summed E-state index contributed by atoms with van der Waals surface area (Å²) in [5, 5.41) is 8.36. The monoisotopic (exact) mass is 572 g/mol. The highest BCUT2D eigenvalue weighted by Gasteiger charge is 2.35. The fourth-order valence-electron chi connectivity index (χ4n) is 5.09. The molecule has 2 aliphatic rings. The summed E-state index contributed by atoms with van der Waals surface area (Å²) < 4.78 is 7.26. The molecule has 2 aromatic heterocycles. The van der Waals surface area contributed by atoms with E-state index in [4.69, 9.17) is 26.3 Å². The Hall–Kier alpha value is -2.69. The zero-order chi connectivity index (χ0) is 25.4. The molecule has 8 nitrogen and oxygen atoms in total. The molecule has 0 saturated carbocycles. The van der Waals surface area contributed by atoms with Gasteiger partial charge in [0.05, 0.1) is 23.4 Å². The van der Waals surface area contributed by atoms with Crippen LogP contribution >= 0.6 is 35.3 Å². The summed E-state index contributed by atoms with van der Waals surface area (Å²) in [4.78, 5) is 28.5. The minimum atomic E-state index is -0.562. The van der Waals surface area contributed by atoms with Crippen molar-refractivity contribution < 1.29 is 4.74 Å². The van der Waals surface area contributed by atoms with Crippen LogP contribution in [0.1, 0.15) is 25.3 Å². The molecule has 1 unspecified atom stereocenters. The molecule has 0 spiro atoms. The Kier molecular flexibility index (Phi) is 7.93. The van der Waals surface area contributed by atoms with Gasteiger partial charge in [-0.25, -0.2) is 4.98 Å². The highest BCUT2D eigenvalue weighted by molar-refractivity contribution is 7.21. The van der Waals surface area contributed by atoms with E-state index < -0.39 is 5.60 Å². The minimum absolute atomic E-state index is 0. The van der Waals surface area contributed by atoms with Crippen molar-refractivity contribution in [1.82, 2.24) is 20.3 Å². The van der Waals surface area contributed by atoms with E-state index in [1.165, 1.54) is 11.3 Å². The predicted molar refractivity (Wildman–Crippen MR) is 157 cm³/mol. The number of halogens is 2.